The largest absolute Gasteiger partial charge is 0.478 e. The third kappa shape index (κ3) is 6.92. The molecule has 2 saturated heterocycles. The Morgan fingerprint density at radius 1 is 0.810 bits per heavy atom. The number of carbonyl (C=O) groups excluding carboxylic acids is 2. The Labute approximate surface area is 243 Å². The number of nitrogens with one attached hydrogen (secondary N) is 2. The van der Waals surface area contributed by atoms with Crippen molar-refractivity contribution in [2.75, 3.05) is 72.9 Å². The number of ether oxygens (including phenoxy) is 1. The maximum absolute atomic E-state index is 12.6. The number of rotatable bonds is 6. The van der Waals surface area contributed by atoms with Crippen LogP contribution in [-0.4, -0.2) is 95.3 Å². The fourth-order valence-electron chi connectivity index (χ4n) is 4.94. The van der Waals surface area contributed by atoms with Gasteiger partial charge in [0.2, 0.25) is 17.8 Å². The van der Waals surface area contributed by atoms with Crippen LogP contribution in [0.3, 0.4) is 0 Å². The van der Waals surface area contributed by atoms with Crippen molar-refractivity contribution in [3.05, 3.63) is 53.6 Å². The average molecular weight is 575 g/mol. The highest BCUT2D eigenvalue weighted by Gasteiger charge is 2.23. The van der Waals surface area contributed by atoms with E-state index in [-0.39, 0.29) is 11.5 Å². The molecule has 0 spiro atoms. The zero-order valence-corrected chi connectivity index (χ0v) is 23.7. The van der Waals surface area contributed by atoms with Crippen LogP contribution in [0, 0.1) is 6.92 Å². The van der Waals surface area contributed by atoms with Crippen molar-refractivity contribution in [1.82, 2.24) is 19.9 Å². The van der Waals surface area contributed by atoms with E-state index in [2.05, 4.69) is 20.4 Å². The van der Waals surface area contributed by atoms with Crippen LogP contribution in [0.1, 0.15) is 29.3 Å². The summed E-state index contributed by atoms with van der Waals surface area (Å²) < 4.78 is 5.51. The Morgan fingerprint density at radius 2 is 1.45 bits per heavy atom. The molecular formula is C29H34N8O5. The monoisotopic (exact) mass is 574 g/mol. The Morgan fingerprint density at radius 3 is 2.10 bits per heavy atom. The molecule has 0 aliphatic carbocycles. The van der Waals surface area contributed by atoms with Crippen LogP contribution in [0.25, 0.3) is 11.4 Å². The summed E-state index contributed by atoms with van der Waals surface area (Å²) in [5.74, 6) is 0.710. The summed E-state index contributed by atoms with van der Waals surface area (Å²) in [5.41, 5.74) is 2.55. The Bertz CT molecular complexity index is 1460. The van der Waals surface area contributed by atoms with Gasteiger partial charge in [-0.25, -0.2) is 9.59 Å². The van der Waals surface area contributed by atoms with Gasteiger partial charge in [0.25, 0.3) is 0 Å². The van der Waals surface area contributed by atoms with Crippen LogP contribution in [-0.2, 0) is 9.53 Å². The molecule has 0 unspecified atom stereocenters. The molecule has 13 nitrogen and oxygen atoms in total. The van der Waals surface area contributed by atoms with Gasteiger partial charge < -0.3 is 35.2 Å². The van der Waals surface area contributed by atoms with Crippen LogP contribution in [0.15, 0.2) is 42.5 Å². The predicted octanol–water partition coefficient (Wildman–Crippen LogP) is 3.08. The summed E-state index contributed by atoms with van der Waals surface area (Å²) in [6, 6.07) is 11.4. The second kappa shape index (κ2) is 12.8. The normalized spacial score (nSPS) is 15.6. The number of urea groups is 1. The number of aryl methyl sites for hydroxylation is 1. The molecule has 3 amide bonds. The van der Waals surface area contributed by atoms with Crippen molar-refractivity contribution in [2.24, 2.45) is 0 Å². The zero-order chi connectivity index (χ0) is 29.6. The SMILES string of the molecule is CC(=O)N1CCCN(c2nc(-c3ccc(NC(=O)Nc4ccc(C(=O)O)c(C)c4)cc3)nc(N3CCOCC3)n2)CC1. The molecule has 13 heteroatoms. The van der Waals surface area contributed by atoms with Crippen LogP contribution in [0.4, 0.5) is 28.1 Å². The number of aromatic carboxylic acids is 1. The van der Waals surface area contributed by atoms with E-state index in [4.69, 9.17) is 19.7 Å². The van der Waals surface area contributed by atoms with Gasteiger partial charge >= 0.3 is 12.0 Å². The Balaban J connectivity index is 1.33. The maximum Gasteiger partial charge on any atom is 0.335 e. The Hall–Kier alpha value is -4.78. The molecule has 42 heavy (non-hydrogen) atoms. The summed E-state index contributed by atoms with van der Waals surface area (Å²) in [7, 11) is 0. The standard InChI is InChI=1S/C29H34N8O5/c1-19-18-23(8-9-24(19)26(39)40)31-29(41)30-22-6-4-21(5-7-22)25-32-27(34-28(33-25)37-14-16-42-17-15-37)36-11-3-10-35(12-13-36)20(2)38/h4-9,18H,3,10-17H2,1-2H3,(H,39,40)(H2,30,31,41). The van der Waals surface area contributed by atoms with Gasteiger partial charge in [0.05, 0.1) is 18.8 Å². The van der Waals surface area contributed by atoms with Crippen LogP contribution in [0.5, 0.6) is 0 Å². The quantitative estimate of drug-likeness (QED) is 0.400. The second-order valence-corrected chi connectivity index (χ2v) is 10.2. The number of carboxylic acid groups (broad SMARTS) is 1. The van der Waals surface area contributed by atoms with E-state index in [0.29, 0.717) is 80.6 Å². The number of carbonyl (C=O) groups is 3. The second-order valence-electron chi connectivity index (χ2n) is 10.2. The highest BCUT2D eigenvalue weighted by molar-refractivity contribution is 6.00. The highest BCUT2D eigenvalue weighted by Crippen LogP contribution is 2.25. The number of hydrogen-bond donors (Lipinski definition) is 3. The minimum absolute atomic E-state index is 0.0655. The Kier molecular flexibility index (Phi) is 8.77. The third-order valence-corrected chi connectivity index (χ3v) is 7.25. The molecule has 0 radical (unpaired) electrons. The lowest BCUT2D eigenvalue weighted by Gasteiger charge is -2.28. The van der Waals surface area contributed by atoms with Crippen molar-refractivity contribution in [3.8, 4) is 11.4 Å². The predicted molar refractivity (Wildman–Crippen MR) is 158 cm³/mol. The third-order valence-electron chi connectivity index (χ3n) is 7.25. The van der Waals surface area contributed by atoms with Gasteiger partial charge in [-0.1, -0.05) is 0 Å². The van der Waals surface area contributed by atoms with Gasteiger partial charge in [-0.3, -0.25) is 4.79 Å². The number of amides is 3. The van der Waals surface area contributed by atoms with E-state index < -0.39 is 12.0 Å². The van der Waals surface area contributed by atoms with Gasteiger partial charge in [-0.2, -0.15) is 15.0 Å². The van der Waals surface area contributed by atoms with Crippen molar-refractivity contribution >= 4 is 41.2 Å². The van der Waals surface area contributed by atoms with Gasteiger partial charge in [-0.05, 0) is 61.4 Å². The molecule has 3 heterocycles. The van der Waals surface area contributed by atoms with Gasteiger partial charge in [0.1, 0.15) is 0 Å². The molecular weight excluding hydrogens is 540 g/mol. The summed E-state index contributed by atoms with van der Waals surface area (Å²) in [4.78, 5) is 56.2. The number of nitrogens with zero attached hydrogens (tertiary/aromatic N) is 6. The molecule has 3 N–H and O–H groups in total. The van der Waals surface area contributed by atoms with Crippen molar-refractivity contribution in [2.45, 2.75) is 20.3 Å². The van der Waals surface area contributed by atoms with Crippen LogP contribution in [0.2, 0.25) is 0 Å². The molecule has 0 atom stereocenters. The van der Waals surface area contributed by atoms with Crippen molar-refractivity contribution < 1.29 is 24.2 Å². The lowest BCUT2D eigenvalue weighted by Crippen LogP contribution is -2.38. The lowest BCUT2D eigenvalue weighted by molar-refractivity contribution is -0.128. The van der Waals surface area contributed by atoms with E-state index in [1.54, 1.807) is 38.1 Å². The number of carboxylic acids is 1. The van der Waals surface area contributed by atoms with Crippen LogP contribution >= 0.6 is 0 Å². The van der Waals surface area contributed by atoms with E-state index in [1.807, 2.05) is 17.0 Å². The minimum Gasteiger partial charge on any atom is -0.478 e. The summed E-state index contributed by atoms with van der Waals surface area (Å²) in [6.07, 6.45) is 0.819. The molecule has 0 saturated carbocycles. The fourth-order valence-corrected chi connectivity index (χ4v) is 4.94. The number of hydrogen-bond acceptors (Lipinski definition) is 9. The van der Waals surface area contributed by atoms with Crippen molar-refractivity contribution in [3.63, 3.8) is 0 Å². The van der Waals surface area contributed by atoms with Gasteiger partial charge in [-0.15, -0.1) is 0 Å². The molecule has 2 aliphatic heterocycles. The molecule has 2 aromatic carbocycles. The summed E-state index contributed by atoms with van der Waals surface area (Å²) >= 11 is 0. The van der Waals surface area contributed by atoms with E-state index >= 15 is 0 Å². The van der Waals surface area contributed by atoms with Crippen LogP contribution < -0.4 is 20.4 Å². The average Bonchev–Trinajstić information content (AvgIpc) is 3.24. The van der Waals surface area contributed by atoms with E-state index in [1.165, 1.54) is 6.07 Å². The zero-order valence-electron chi connectivity index (χ0n) is 23.7. The first kappa shape index (κ1) is 28.7. The number of anilines is 4. The van der Waals surface area contributed by atoms with Gasteiger partial charge in [0.15, 0.2) is 5.82 Å². The highest BCUT2D eigenvalue weighted by atomic mass is 16.5. The number of benzene rings is 2. The maximum atomic E-state index is 12.6. The topological polar surface area (TPSA) is 153 Å². The van der Waals surface area contributed by atoms with Gasteiger partial charge in [0, 0.05) is 63.1 Å². The fraction of sp³-hybridized carbons (Fsp3) is 0.379. The number of morpholine rings is 1. The smallest absolute Gasteiger partial charge is 0.335 e. The molecule has 0 bridgehead atoms. The first-order valence-electron chi connectivity index (χ1n) is 13.9. The summed E-state index contributed by atoms with van der Waals surface area (Å²) in [5, 5.41) is 14.7. The van der Waals surface area contributed by atoms with E-state index in [0.717, 1.165) is 18.5 Å². The summed E-state index contributed by atoms with van der Waals surface area (Å²) in [6.45, 7) is 8.48. The number of aromatic nitrogens is 3. The molecule has 3 aromatic rings. The molecule has 1 aromatic heterocycles. The molecule has 220 valence electrons. The molecule has 2 fully saturated rings. The van der Waals surface area contributed by atoms with Crippen molar-refractivity contribution in [1.29, 1.82) is 0 Å². The minimum atomic E-state index is -1.02. The lowest BCUT2D eigenvalue weighted by atomic mass is 10.1. The molecule has 5 rings (SSSR count). The molecule has 2 aliphatic rings. The van der Waals surface area contributed by atoms with E-state index in [9.17, 15) is 19.5 Å². The first-order valence-corrected chi connectivity index (χ1v) is 13.9. The first-order chi connectivity index (χ1) is 20.3.